The lowest BCUT2D eigenvalue weighted by Crippen LogP contribution is -2.20. The first-order valence-corrected chi connectivity index (χ1v) is 3.34. The van der Waals surface area contributed by atoms with Gasteiger partial charge in [-0.1, -0.05) is 0 Å². The Morgan fingerprint density at radius 3 is 2.27 bits per heavy atom. The predicted octanol–water partition coefficient (Wildman–Crippen LogP) is -0.592. The summed E-state index contributed by atoms with van der Waals surface area (Å²) in [7, 11) is 1.54. The molecule has 0 saturated heterocycles. The lowest BCUT2D eigenvalue weighted by atomic mass is 10.2. The van der Waals surface area contributed by atoms with E-state index in [4.69, 9.17) is 5.21 Å². The highest BCUT2D eigenvalue weighted by molar-refractivity contribution is 5.77. The van der Waals surface area contributed by atoms with Gasteiger partial charge in [-0.25, -0.2) is 5.48 Å². The maximum absolute atomic E-state index is 10.6. The molecule has 0 heterocycles. The molecule has 0 aliphatic rings. The molecule has 64 valence electrons. The fraction of sp³-hybridized carbons (Fsp3) is 0.667. The molecule has 0 bridgehead atoms. The average Bonchev–Trinajstić information content (AvgIpc) is 2.04. The Morgan fingerprint density at radius 1 is 1.27 bits per heavy atom. The van der Waals surface area contributed by atoms with Gasteiger partial charge in [-0.15, -0.1) is 0 Å². The topological polar surface area (TPSA) is 78.4 Å². The molecule has 0 spiro atoms. The summed E-state index contributed by atoms with van der Waals surface area (Å²) in [6.07, 6.45) is 0.930. The molecule has 0 radical (unpaired) electrons. The molecule has 3 N–H and O–H groups in total. The summed E-state index contributed by atoms with van der Waals surface area (Å²) in [6, 6.07) is 0. The third-order valence-corrected chi connectivity index (χ3v) is 1.21. The summed E-state index contributed by atoms with van der Waals surface area (Å²) in [5, 5.41) is 10.5. The van der Waals surface area contributed by atoms with Crippen LogP contribution in [0.15, 0.2) is 0 Å². The molecule has 0 aliphatic heterocycles. The number of nitrogens with one attached hydrogen (secondary N) is 2. The van der Waals surface area contributed by atoms with Crippen LogP contribution in [0.4, 0.5) is 0 Å². The molecule has 2 amide bonds. The van der Waals surface area contributed by atoms with Crippen LogP contribution in [-0.4, -0.2) is 24.1 Å². The van der Waals surface area contributed by atoms with Crippen LogP contribution in [0.5, 0.6) is 0 Å². The van der Waals surface area contributed by atoms with E-state index in [2.05, 4.69) is 5.32 Å². The fourth-order valence-corrected chi connectivity index (χ4v) is 0.590. The molecule has 0 aromatic heterocycles. The second kappa shape index (κ2) is 5.67. The van der Waals surface area contributed by atoms with E-state index >= 15 is 0 Å². The summed E-state index contributed by atoms with van der Waals surface area (Å²) in [6.45, 7) is 0. The van der Waals surface area contributed by atoms with Gasteiger partial charge in [0.25, 0.3) is 0 Å². The van der Waals surface area contributed by atoms with Crippen molar-refractivity contribution < 1.29 is 14.8 Å². The molecule has 0 saturated carbocycles. The van der Waals surface area contributed by atoms with E-state index in [0.717, 1.165) is 0 Å². The summed E-state index contributed by atoms with van der Waals surface area (Å²) in [4.78, 5) is 21.0. The molecular weight excluding hydrogens is 148 g/mol. The van der Waals surface area contributed by atoms with Crippen LogP contribution in [0.25, 0.3) is 0 Å². The normalized spacial score (nSPS) is 8.91. The first-order valence-electron chi connectivity index (χ1n) is 3.34. The maximum atomic E-state index is 10.6. The lowest BCUT2D eigenvalue weighted by molar-refractivity contribution is -0.129. The molecule has 0 rings (SSSR count). The monoisotopic (exact) mass is 160 g/mol. The first-order chi connectivity index (χ1) is 5.20. The van der Waals surface area contributed by atoms with Gasteiger partial charge in [0.15, 0.2) is 0 Å². The molecule has 0 aliphatic carbocycles. The molecular formula is C6H12N2O3. The Hall–Kier alpha value is -1.10. The Kier molecular flexibility index (Phi) is 5.10. The standard InChI is InChI=1S/C6H12N2O3/c1-7-5(9)3-2-4-6(10)8-11/h11H,2-4H2,1H3,(H,7,9)(H,8,10). The summed E-state index contributed by atoms with van der Waals surface area (Å²) in [5.41, 5.74) is 1.49. The van der Waals surface area contributed by atoms with Gasteiger partial charge in [-0.2, -0.15) is 0 Å². The molecule has 5 nitrogen and oxygen atoms in total. The first kappa shape index (κ1) is 9.90. The van der Waals surface area contributed by atoms with Crippen molar-refractivity contribution in [1.82, 2.24) is 10.8 Å². The van der Waals surface area contributed by atoms with Crippen molar-refractivity contribution in [3.8, 4) is 0 Å². The Labute approximate surface area is 64.7 Å². The van der Waals surface area contributed by atoms with Gasteiger partial charge in [0.2, 0.25) is 11.8 Å². The van der Waals surface area contributed by atoms with E-state index in [1.54, 1.807) is 0 Å². The predicted molar refractivity (Wildman–Crippen MR) is 37.8 cm³/mol. The molecule has 5 heteroatoms. The molecule has 0 aromatic rings. The lowest BCUT2D eigenvalue weighted by Gasteiger charge is -1.98. The minimum absolute atomic E-state index is 0.101. The zero-order valence-electron chi connectivity index (χ0n) is 6.39. The van der Waals surface area contributed by atoms with Crippen molar-refractivity contribution in [2.45, 2.75) is 19.3 Å². The Bertz CT molecular complexity index is 131. The number of carbonyl (C=O) groups excluding carboxylic acids is 2. The number of rotatable bonds is 4. The van der Waals surface area contributed by atoms with Crippen LogP contribution in [0.3, 0.4) is 0 Å². The van der Waals surface area contributed by atoms with E-state index in [0.29, 0.717) is 12.8 Å². The SMILES string of the molecule is CNC(=O)CCCC(=O)NO. The molecule has 11 heavy (non-hydrogen) atoms. The van der Waals surface area contributed by atoms with Crippen LogP contribution < -0.4 is 10.8 Å². The second-order valence-electron chi connectivity index (χ2n) is 2.06. The Balaban J connectivity index is 3.27. The molecule has 0 aromatic carbocycles. The largest absolute Gasteiger partial charge is 0.359 e. The number of carbonyl (C=O) groups is 2. The highest BCUT2D eigenvalue weighted by Gasteiger charge is 2.01. The van der Waals surface area contributed by atoms with Crippen LogP contribution >= 0.6 is 0 Å². The van der Waals surface area contributed by atoms with Crippen molar-refractivity contribution in [2.75, 3.05) is 7.05 Å². The summed E-state index contributed by atoms with van der Waals surface area (Å²) >= 11 is 0. The van der Waals surface area contributed by atoms with E-state index in [1.165, 1.54) is 12.5 Å². The number of hydrogen-bond acceptors (Lipinski definition) is 3. The third-order valence-electron chi connectivity index (χ3n) is 1.21. The van der Waals surface area contributed by atoms with Crippen molar-refractivity contribution in [2.24, 2.45) is 0 Å². The van der Waals surface area contributed by atoms with Gasteiger partial charge >= 0.3 is 0 Å². The Morgan fingerprint density at radius 2 is 1.82 bits per heavy atom. The van der Waals surface area contributed by atoms with Crippen LogP contribution in [0.2, 0.25) is 0 Å². The minimum Gasteiger partial charge on any atom is -0.359 e. The van der Waals surface area contributed by atoms with Gasteiger partial charge in [-0.05, 0) is 6.42 Å². The quantitative estimate of drug-likeness (QED) is 0.380. The number of hydroxylamine groups is 1. The molecule has 0 fully saturated rings. The van der Waals surface area contributed by atoms with Gasteiger partial charge < -0.3 is 5.32 Å². The molecule has 0 unspecified atom stereocenters. The summed E-state index contributed by atoms with van der Waals surface area (Å²) < 4.78 is 0. The third kappa shape index (κ3) is 5.35. The van der Waals surface area contributed by atoms with E-state index < -0.39 is 5.91 Å². The van der Waals surface area contributed by atoms with E-state index in [-0.39, 0.29) is 12.3 Å². The zero-order chi connectivity index (χ0) is 8.69. The van der Waals surface area contributed by atoms with Crippen LogP contribution in [0, 0.1) is 0 Å². The van der Waals surface area contributed by atoms with Crippen molar-refractivity contribution in [3.05, 3.63) is 0 Å². The smallest absolute Gasteiger partial charge is 0.243 e. The van der Waals surface area contributed by atoms with Gasteiger partial charge in [0, 0.05) is 19.9 Å². The zero-order valence-corrected chi connectivity index (χ0v) is 6.39. The van der Waals surface area contributed by atoms with E-state index in [1.807, 2.05) is 0 Å². The maximum Gasteiger partial charge on any atom is 0.243 e. The summed E-state index contributed by atoms with van der Waals surface area (Å²) in [5.74, 6) is -0.565. The van der Waals surface area contributed by atoms with Crippen LogP contribution in [-0.2, 0) is 9.59 Å². The van der Waals surface area contributed by atoms with Crippen molar-refractivity contribution in [1.29, 1.82) is 0 Å². The highest BCUT2D eigenvalue weighted by atomic mass is 16.5. The van der Waals surface area contributed by atoms with Gasteiger partial charge in [-0.3, -0.25) is 14.8 Å². The highest BCUT2D eigenvalue weighted by Crippen LogP contribution is 1.93. The van der Waals surface area contributed by atoms with Gasteiger partial charge in [0.05, 0.1) is 0 Å². The fourth-order valence-electron chi connectivity index (χ4n) is 0.590. The average molecular weight is 160 g/mol. The van der Waals surface area contributed by atoms with E-state index in [9.17, 15) is 9.59 Å². The van der Waals surface area contributed by atoms with Crippen molar-refractivity contribution in [3.63, 3.8) is 0 Å². The minimum atomic E-state index is -0.464. The number of amides is 2. The van der Waals surface area contributed by atoms with Crippen LogP contribution in [0.1, 0.15) is 19.3 Å². The van der Waals surface area contributed by atoms with Crippen molar-refractivity contribution >= 4 is 11.8 Å². The second-order valence-corrected chi connectivity index (χ2v) is 2.06. The van der Waals surface area contributed by atoms with Gasteiger partial charge in [0.1, 0.15) is 0 Å². The molecule has 0 atom stereocenters. The number of hydrogen-bond donors (Lipinski definition) is 3.